The van der Waals surface area contributed by atoms with Crippen molar-refractivity contribution in [2.45, 2.75) is 0 Å². The molecule has 0 bridgehead atoms. The van der Waals surface area contributed by atoms with Gasteiger partial charge in [0.05, 0.1) is 15.8 Å². The van der Waals surface area contributed by atoms with Crippen LogP contribution in [-0.4, -0.2) is 66.2 Å². The van der Waals surface area contributed by atoms with E-state index in [0.717, 1.165) is 28.4 Å². The normalized spacial score (nSPS) is 13.0. The molecular weight excluding hydrogens is 462 g/mol. The first-order valence-corrected chi connectivity index (χ1v) is 10.2. The van der Waals surface area contributed by atoms with Crippen LogP contribution < -0.4 is 4.90 Å². The molecule has 11 heteroatoms. The number of benzene rings is 2. The highest BCUT2D eigenvalue weighted by atomic mass is 35.5. The van der Waals surface area contributed by atoms with Crippen molar-refractivity contribution in [2.75, 3.05) is 38.6 Å². The SMILES string of the molecule is CN(C)CCN(C(=O)CN1C(=O)c2ccccc2C1=O)c1nc2c(F)cc(F)cc2s1.Cl. The number of aromatic nitrogens is 1. The van der Waals surface area contributed by atoms with Crippen LogP contribution in [0.1, 0.15) is 20.7 Å². The van der Waals surface area contributed by atoms with Crippen molar-refractivity contribution in [3.63, 3.8) is 0 Å². The minimum Gasteiger partial charge on any atom is -0.308 e. The first-order valence-electron chi connectivity index (χ1n) is 9.42. The summed E-state index contributed by atoms with van der Waals surface area (Å²) in [5, 5.41) is 0.169. The third-order valence-electron chi connectivity index (χ3n) is 4.88. The number of carbonyl (C=O) groups is 3. The molecule has 0 atom stereocenters. The number of halogens is 3. The predicted molar refractivity (Wildman–Crippen MR) is 120 cm³/mol. The van der Waals surface area contributed by atoms with Gasteiger partial charge in [0, 0.05) is 19.2 Å². The number of rotatable bonds is 6. The number of likely N-dealkylation sites (N-methyl/N-ethyl adjacent to an activating group) is 1. The van der Waals surface area contributed by atoms with Crippen LogP contribution in [0.4, 0.5) is 13.9 Å². The van der Waals surface area contributed by atoms with Crippen LogP contribution in [0, 0.1) is 11.6 Å². The van der Waals surface area contributed by atoms with E-state index in [1.807, 2.05) is 19.0 Å². The van der Waals surface area contributed by atoms with Gasteiger partial charge in [0.25, 0.3) is 11.8 Å². The lowest BCUT2D eigenvalue weighted by molar-refractivity contribution is -0.119. The number of carbonyl (C=O) groups excluding carboxylic acids is 3. The summed E-state index contributed by atoms with van der Waals surface area (Å²) in [6.07, 6.45) is 0. The molecule has 0 saturated heterocycles. The third kappa shape index (κ3) is 4.34. The summed E-state index contributed by atoms with van der Waals surface area (Å²) in [4.78, 5) is 46.6. The van der Waals surface area contributed by atoms with Crippen LogP contribution in [0.5, 0.6) is 0 Å². The van der Waals surface area contributed by atoms with Gasteiger partial charge < -0.3 is 4.90 Å². The number of amides is 3. The van der Waals surface area contributed by atoms with Crippen molar-refractivity contribution in [1.82, 2.24) is 14.8 Å². The summed E-state index contributed by atoms with van der Waals surface area (Å²) in [5.74, 6) is -3.19. The molecule has 3 amide bonds. The first kappa shape index (κ1) is 23.7. The van der Waals surface area contributed by atoms with E-state index in [0.29, 0.717) is 6.54 Å². The zero-order valence-corrected chi connectivity index (χ0v) is 18.8. The Morgan fingerprint density at radius 2 is 1.69 bits per heavy atom. The number of hydrogen-bond donors (Lipinski definition) is 0. The van der Waals surface area contributed by atoms with Crippen LogP contribution >= 0.6 is 23.7 Å². The first-order chi connectivity index (χ1) is 14.8. The summed E-state index contributed by atoms with van der Waals surface area (Å²) in [5.41, 5.74) is 0.458. The molecule has 0 radical (unpaired) electrons. The van der Waals surface area contributed by atoms with Crippen LogP contribution in [0.2, 0.25) is 0 Å². The van der Waals surface area contributed by atoms with Crippen LogP contribution in [-0.2, 0) is 4.79 Å². The van der Waals surface area contributed by atoms with E-state index in [4.69, 9.17) is 0 Å². The Balaban J connectivity index is 0.00000289. The average molecular weight is 481 g/mol. The fraction of sp³-hybridized carbons (Fsp3) is 0.238. The molecule has 0 aliphatic carbocycles. The number of thiazole rings is 1. The topological polar surface area (TPSA) is 73.8 Å². The molecule has 1 aliphatic rings. The molecule has 0 spiro atoms. The molecule has 7 nitrogen and oxygen atoms in total. The van der Waals surface area contributed by atoms with Crippen LogP contribution in [0.25, 0.3) is 10.2 Å². The van der Waals surface area contributed by atoms with E-state index in [9.17, 15) is 23.2 Å². The minimum absolute atomic E-state index is 0. The van der Waals surface area contributed by atoms with E-state index in [2.05, 4.69) is 4.98 Å². The lowest BCUT2D eigenvalue weighted by Gasteiger charge is -2.24. The Morgan fingerprint density at radius 1 is 1.06 bits per heavy atom. The van der Waals surface area contributed by atoms with Gasteiger partial charge in [0.1, 0.15) is 17.9 Å². The van der Waals surface area contributed by atoms with E-state index in [-0.39, 0.29) is 45.4 Å². The van der Waals surface area contributed by atoms with Crippen LogP contribution in [0.3, 0.4) is 0 Å². The lowest BCUT2D eigenvalue weighted by Crippen LogP contribution is -2.45. The fourth-order valence-corrected chi connectivity index (χ4v) is 4.34. The smallest absolute Gasteiger partial charge is 0.262 e. The minimum atomic E-state index is -0.821. The third-order valence-corrected chi connectivity index (χ3v) is 5.90. The summed E-state index contributed by atoms with van der Waals surface area (Å²) >= 11 is 0.968. The maximum absolute atomic E-state index is 14.1. The van der Waals surface area contributed by atoms with Gasteiger partial charge in [-0.05, 0) is 32.3 Å². The highest BCUT2D eigenvalue weighted by Crippen LogP contribution is 2.31. The highest BCUT2D eigenvalue weighted by Gasteiger charge is 2.37. The molecule has 0 saturated carbocycles. The summed E-state index contributed by atoms with van der Waals surface area (Å²) in [6, 6.07) is 8.25. The molecule has 32 heavy (non-hydrogen) atoms. The van der Waals surface area contributed by atoms with Crippen molar-refractivity contribution in [3.8, 4) is 0 Å². The monoisotopic (exact) mass is 480 g/mol. The summed E-state index contributed by atoms with van der Waals surface area (Å²) in [6.45, 7) is 0.173. The number of nitrogens with zero attached hydrogens (tertiary/aromatic N) is 4. The second-order valence-electron chi connectivity index (χ2n) is 7.32. The number of fused-ring (bicyclic) bond motifs is 2. The molecular formula is C21H19ClF2N4O3S. The quantitative estimate of drug-likeness (QED) is 0.507. The molecule has 1 aromatic heterocycles. The van der Waals surface area contributed by atoms with E-state index in [1.165, 1.54) is 17.0 Å². The van der Waals surface area contributed by atoms with Gasteiger partial charge in [0.2, 0.25) is 5.91 Å². The molecule has 0 N–H and O–H groups in total. The largest absolute Gasteiger partial charge is 0.308 e. The van der Waals surface area contributed by atoms with Gasteiger partial charge >= 0.3 is 0 Å². The van der Waals surface area contributed by atoms with Crippen molar-refractivity contribution >= 4 is 56.8 Å². The lowest BCUT2D eigenvalue weighted by atomic mass is 10.1. The van der Waals surface area contributed by atoms with Gasteiger partial charge in [-0.3, -0.25) is 24.2 Å². The molecule has 3 aromatic rings. The molecule has 4 rings (SSSR count). The molecule has 2 heterocycles. The highest BCUT2D eigenvalue weighted by molar-refractivity contribution is 7.22. The molecule has 2 aromatic carbocycles. The Morgan fingerprint density at radius 3 is 2.28 bits per heavy atom. The summed E-state index contributed by atoms with van der Waals surface area (Å²) in [7, 11) is 3.64. The van der Waals surface area contributed by atoms with Gasteiger partial charge in [-0.2, -0.15) is 0 Å². The Hall–Kier alpha value is -2.95. The van der Waals surface area contributed by atoms with Crippen molar-refractivity contribution in [2.24, 2.45) is 0 Å². The number of hydrogen-bond acceptors (Lipinski definition) is 6. The van der Waals surface area contributed by atoms with E-state index in [1.54, 1.807) is 12.1 Å². The average Bonchev–Trinajstić information content (AvgIpc) is 3.23. The second-order valence-corrected chi connectivity index (χ2v) is 8.33. The zero-order chi connectivity index (χ0) is 22.3. The van der Waals surface area contributed by atoms with Crippen molar-refractivity contribution in [1.29, 1.82) is 0 Å². The maximum Gasteiger partial charge on any atom is 0.262 e. The van der Waals surface area contributed by atoms with Gasteiger partial charge in [-0.25, -0.2) is 13.8 Å². The van der Waals surface area contributed by atoms with E-state index >= 15 is 0 Å². The fourth-order valence-electron chi connectivity index (χ4n) is 3.29. The molecule has 0 unspecified atom stereocenters. The maximum atomic E-state index is 14.1. The van der Waals surface area contributed by atoms with Gasteiger partial charge in [0.15, 0.2) is 10.9 Å². The zero-order valence-electron chi connectivity index (χ0n) is 17.2. The van der Waals surface area contributed by atoms with Gasteiger partial charge in [-0.1, -0.05) is 23.5 Å². The van der Waals surface area contributed by atoms with E-state index < -0.39 is 35.9 Å². The molecule has 0 fully saturated rings. The van der Waals surface area contributed by atoms with Crippen molar-refractivity contribution in [3.05, 3.63) is 59.2 Å². The summed E-state index contributed by atoms with van der Waals surface area (Å²) < 4.78 is 28.0. The second kappa shape index (κ2) is 9.27. The Bertz CT molecular complexity index is 1180. The van der Waals surface area contributed by atoms with Crippen LogP contribution in [0.15, 0.2) is 36.4 Å². The molecule has 168 valence electrons. The number of imide groups is 1. The number of anilines is 1. The van der Waals surface area contributed by atoms with Gasteiger partial charge in [-0.15, -0.1) is 12.4 Å². The standard InChI is InChI=1S/C21H18F2N4O3S.ClH/c1-25(2)7-8-26(21-24-18-15(23)9-12(22)10-16(18)31-21)17(28)11-27-19(29)13-5-3-4-6-14(13)20(27)30;/h3-6,9-10H,7-8,11H2,1-2H3;1H. The predicted octanol–water partition coefficient (Wildman–Crippen LogP) is 3.19. The van der Waals surface area contributed by atoms with Crippen molar-refractivity contribution < 1.29 is 23.2 Å². The Labute approximate surface area is 192 Å². The Kier molecular flexibility index (Phi) is 6.87. The molecule has 1 aliphatic heterocycles.